The van der Waals surface area contributed by atoms with Gasteiger partial charge in [-0.15, -0.1) is 0 Å². The van der Waals surface area contributed by atoms with Crippen molar-refractivity contribution in [2.24, 2.45) is 23.6 Å². The second-order valence-electron chi connectivity index (χ2n) is 6.63. The Morgan fingerprint density at radius 2 is 1.90 bits per heavy atom. The molecule has 21 heavy (non-hydrogen) atoms. The number of ether oxygens (including phenoxy) is 2. The predicted molar refractivity (Wildman–Crippen MR) is 83.1 cm³/mol. The van der Waals surface area contributed by atoms with E-state index in [1.54, 1.807) is 0 Å². The van der Waals surface area contributed by atoms with Crippen LogP contribution >= 0.6 is 0 Å². The van der Waals surface area contributed by atoms with Crippen molar-refractivity contribution in [2.45, 2.75) is 45.3 Å². The molecule has 4 nitrogen and oxygen atoms in total. The van der Waals surface area contributed by atoms with Gasteiger partial charge in [0.1, 0.15) is 12.7 Å². The molecular weight excluding hydrogens is 264 g/mol. The highest BCUT2D eigenvalue weighted by molar-refractivity contribution is 5.40. The monoisotopic (exact) mass is 290 g/mol. The number of nitrogens with two attached hydrogens (primary N) is 1. The van der Waals surface area contributed by atoms with Crippen molar-refractivity contribution >= 4 is 0 Å². The summed E-state index contributed by atoms with van der Waals surface area (Å²) in [4.78, 5) is 0. The SMILES string of the molecule is CC1CCC(C(NN)C2COc3ccccc3O2)CC1C. The molecule has 1 aliphatic heterocycles. The Morgan fingerprint density at radius 3 is 2.62 bits per heavy atom. The lowest BCUT2D eigenvalue weighted by Gasteiger charge is -2.40. The maximum Gasteiger partial charge on any atom is 0.161 e. The highest BCUT2D eigenvalue weighted by Crippen LogP contribution is 2.38. The fourth-order valence-electron chi connectivity index (χ4n) is 3.68. The largest absolute Gasteiger partial charge is 0.486 e. The number of rotatable bonds is 3. The minimum absolute atomic E-state index is 0.0180. The van der Waals surface area contributed by atoms with Gasteiger partial charge in [0.25, 0.3) is 0 Å². The normalized spacial score (nSPS) is 33.5. The molecule has 0 saturated heterocycles. The van der Waals surface area contributed by atoms with Crippen molar-refractivity contribution in [3.8, 4) is 11.5 Å². The number of fused-ring (bicyclic) bond motifs is 1. The zero-order valence-corrected chi connectivity index (χ0v) is 12.9. The van der Waals surface area contributed by atoms with E-state index in [9.17, 15) is 0 Å². The minimum atomic E-state index is -0.0180. The molecule has 1 saturated carbocycles. The summed E-state index contributed by atoms with van der Waals surface area (Å²) >= 11 is 0. The minimum Gasteiger partial charge on any atom is -0.486 e. The molecule has 116 valence electrons. The smallest absolute Gasteiger partial charge is 0.161 e. The summed E-state index contributed by atoms with van der Waals surface area (Å²) < 4.78 is 12.0. The van der Waals surface area contributed by atoms with Gasteiger partial charge < -0.3 is 9.47 Å². The molecule has 1 aliphatic carbocycles. The topological polar surface area (TPSA) is 56.5 Å². The summed E-state index contributed by atoms with van der Waals surface area (Å²) in [7, 11) is 0. The fourth-order valence-corrected chi connectivity index (χ4v) is 3.68. The van der Waals surface area contributed by atoms with Gasteiger partial charge in [0.05, 0.1) is 6.04 Å². The van der Waals surface area contributed by atoms with Crippen molar-refractivity contribution < 1.29 is 9.47 Å². The zero-order chi connectivity index (χ0) is 14.8. The van der Waals surface area contributed by atoms with Crippen LogP contribution in [0.15, 0.2) is 24.3 Å². The molecule has 5 unspecified atom stereocenters. The maximum absolute atomic E-state index is 6.13. The number of nitrogens with one attached hydrogen (secondary N) is 1. The first-order valence-corrected chi connectivity index (χ1v) is 8.03. The van der Waals surface area contributed by atoms with Crippen LogP contribution < -0.4 is 20.7 Å². The average Bonchev–Trinajstić information content (AvgIpc) is 2.51. The molecule has 3 rings (SSSR count). The van der Waals surface area contributed by atoms with Gasteiger partial charge in [-0.05, 0) is 42.7 Å². The van der Waals surface area contributed by atoms with Crippen LogP contribution in [-0.2, 0) is 0 Å². The van der Waals surface area contributed by atoms with Crippen LogP contribution in [0.25, 0.3) is 0 Å². The Labute approximate surface area is 127 Å². The van der Waals surface area contributed by atoms with Crippen LogP contribution in [0.4, 0.5) is 0 Å². The highest BCUT2D eigenvalue weighted by Gasteiger charge is 2.37. The molecule has 0 radical (unpaired) electrons. The summed E-state index contributed by atoms with van der Waals surface area (Å²) in [6, 6.07) is 7.99. The molecule has 3 N–H and O–H groups in total. The van der Waals surface area contributed by atoms with Crippen molar-refractivity contribution in [1.29, 1.82) is 0 Å². The molecule has 1 aromatic carbocycles. The van der Waals surface area contributed by atoms with Gasteiger partial charge in [-0.3, -0.25) is 11.3 Å². The molecule has 1 heterocycles. The first kappa shape index (κ1) is 14.7. The van der Waals surface area contributed by atoms with E-state index in [1.165, 1.54) is 19.3 Å². The second kappa shape index (κ2) is 6.24. The summed E-state index contributed by atoms with van der Waals surface area (Å²) in [5.74, 6) is 9.61. The quantitative estimate of drug-likeness (QED) is 0.664. The molecule has 0 amide bonds. The van der Waals surface area contributed by atoms with Gasteiger partial charge in [0.2, 0.25) is 0 Å². The van der Waals surface area contributed by atoms with Gasteiger partial charge in [0.15, 0.2) is 11.5 Å². The molecule has 5 atom stereocenters. The van der Waals surface area contributed by atoms with E-state index in [0.717, 1.165) is 23.3 Å². The fraction of sp³-hybridized carbons (Fsp3) is 0.647. The Morgan fingerprint density at radius 1 is 1.14 bits per heavy atom. The Balaban J connectivity index is 1.70. The van der Waals surface area contributed by atoms with Crippen molar-refractivity contribution in [2.75, 3.05) is 6.61 Å². The van der Waals surface area contributed by atoms with Crippen LogP contribution in [0.1, 0.15) is 33.1 Å². The molecule has 4 heteroatoms. The third kappa shape index (κ3) is 3.01. The summed E-state index contributed by atoms with van der Waals surface area (Å²) in [5, 5.41) is 0. The Bertz CT molecular complexity index is 480. The van der Waals surface area contributed by atoms with Crippen LogP contribution in [-0.4, -0.2) is 18.8 Å². The standard InChI is InChI=1S/C17H26N2O2/c1-11-7-8-13(9-12(11)2)17(19-18)16-10-20-14-5-3-4-6-15(14)21-16/h3-6,11-13,16-17,19H,7-10,18H2,1-2H3. The lowest BCUT2D eigenvalue weighted by molar-refractivity contribution is 0.0273. The molecule has 0 spiro atoms. The van der Waals surface area contributed by atoms with E-state index in [-0.39, 0.29) is 12.1 Å². The van der Waals surface area contributed by atoms with Gasteiger partial charge in [0, 0.05) is 0 Å². The van der Waals surface area contributed by atoms with Gasteiger partial charge in [-0.1, -0.05) is 32.4 Å². The number of benzene rings is 1. The van der Waals surface area contributed by atoms with Crippen molar-refractivity contribution in [3.05, 3.63) is 24.3 Å². The Hall–Kier alpha value is -1.26. The number of hydrogen-bond acceptors (Lipinski definition) is 4. The van der Waals surface area contributed by atoms with E-state index in [0.29, 0.717) is 12.5 Å². The van der Waals surface area contributed by atoms with Gasteiger partial charge in [-0.2, -0.15) is 0 Å². The van der Waals surface area contributed by atoms with E-state index >= 15 is 0 Å². The van der Waals surface area contributed by atoms with Crippen LogP contribution in [0.5, 0.6) is 11.5 Å². The van der Waals surface area contributed by atoms with Crippen LogP contribution in [0.2, 0.25) is 0 Å². The van der Waals surface area contributed by atoms with E-state index in [1.807, 2.05) is 24.3 Å². The second-order valence-corrected chi connectivity index (χ2v) is 6.63. The summed E-state index contributed by atoms with van der Waals surface area (Å²) in [5.41, 5.74) is 3.00. The van der Waals surface area contributed by atoms with Crippen molar-refractivity contribution in [3.63, 3.8) is 0 Å². The Kier molecular flexibility index (Phi) is 4.36. The molecule has 1 aromatic rings. The van der Waals surface area contributed by atoms with E-state index in [2.05, 4.69) is 19.3 Å². The number of hydrazine groups is 1. The summed E-state index contributed by atoms with van der Waals surface area (Å²) in [6.07, 6.45) is 3.67. The molecule has 0 bridgehead atoms. The number of hydrogen-bond donors (Lipinski definition) is 2. The predicted octanol–water partition coefficient (Wildman–Crippen LogP) is 2.73. The van der Waals surface area contributed by atoms with E-state index < -0.39 is 0 Å². The molecule has 0 aromatic heterocycles. The summed E-state index contributed by atoms with van der Waals surface area (Å²) in [6.45, 7) is 5.26. The van der Waals surface area contributed by atoms with Crippen molar-refractivity contribution in [1.82, 2.24) is 5.43 Å². The van der Waals surface area contributed by atoms with Crippen LogP contribution in [0.3, 0.4) is 0 Å². The van der Waals surface area contributed by atoms with Crippen LogP contribution in [0, 0.1) is 17.8 Å². The lowest BCUT2D eigenvalue weighted by atomic mass is 9.72. The number of para-hydroxylation sites is 2. The van der Waals surface area contributed by atoms with Gasteiger partial charge >= 0.3 is 0 Å². The molecule has 2 aliphatic rings. The average molecular weight is 290 g/mol. The van der Waals surface area contributed by atoms with Gasteiger partial charge in [-0.25, -0.2) is 0 Å². The maximum atomic E-state index is 6.13. The molecular formula is C17H26N2O2. The first-order valence-electron chi connectivity index (χ1n) is 8.03. The zero-order valence-electron chi connectivity index (χ0n) is 12.9. The third-order valence-corrected chi connectivity index (χ3v) is 5.27. The third-order valence-electron chi connectivity index (χ3n) is 5.27. The first-order chi connectivity index (χ1) is 10.2. The lowest BCUT2D eigenvalue weighted by Crippen LogP contribution is -2.55. The molecule has 1 fully saturated rings. The highest BCUT2D eigenvalue weighted by atomic mass is 16.6. The van der Waals surface area contributed by atoms with E-state index in [4.69, 9.17) is 15.3 Å².